The fraction of sp³-hybridized carbons (Fsp3) is 0.562. The predicted octanol–water partition coefficient (Wildman–Crippen LogP) is 2.83. The van der Waals surface area contributed by atoms with E-state index in [4.69, 9.17) is 0 Å². The Morgan fingerprint density at radius 3 is 2.68 bits per heavy atom. The van der Waals surface area contributed by atoms with Crippen LogP contribution in [0, 0.1) is 6.92 Å². The van der Waals surface area contributed by atoms with Gasteiger partial charge in [-0.05, 0) is 44.4 Å². The van der Waals surface area contributed by atoms with Crippen LogP contribution in [0.1, 0.15) is 31.7 Å². The van der Waals surface area contributed by atoms with E-state index in [2.05, 4.69) is 43.0 Å². The lowest BCUT2D eigenvalue weighted by atomic mass is 10.2. The highest BCUT2D eigenvalue weighted by Gasteiger charge is 2.18. The number of aryl methyl sites for hydroxylation is 1. The van der Waals surface area contributed by atoms with Crippen LogP contribution in [0.2, 0.25) is 0 Å². The highest BCUT2D eigenvalue weighted by molar-refractivity contribution is 5.77. The second kappa shape index (κ2) is 6.60. The summed E-state index contributed by atoms with van der Waals surface area (Å²) in [7, 11) is 0. The summed E-state index contributed by atoms with van der Waals surface area (Å²) in [5, 5.41) is 0. The summed E-state index contributed by atoms with van der Waals surface area (Å²) in [5.74, 6) is 0.309. The van der Waals surface area contributed by atoms with Gasteiger partial charge in [0.1, 0.15) is 0 Å². The minimum absolute atomic E-state index is 0.309. The number of carbonyl (C=O) groups is 1. The zero-order valence-electron chi connectivity index (χ0n) is 12.1. The van der Waals surface area contributed by atoms with Gasteiger partial charge in [-0.3, -0.25) is 4.79 Å². The number of anilines is 1. The monoisotopic (exact) mass is 260 g/mol. The summed E-state index contributed by atoms with van der Waals surface area (Å²) in [4.78, 5) is 16.3. The smallest absolute Gasteiger partial charge is 0.224 e. The number of rotatable bonds is 5. The minimum atomic E-state index is 0.309. The molecule has 104 valence electrons. The average Bonchev–Trinajstić information content (AvgIpc) is 2.93. The predicted molar refractivity (Wildman–Crippen MR) is 79.5 cm³/mol. The van der Waals surface area contributed by atoms with Gasteiger partial charge in [0.05, 0.1) is 0 Å². The lowest BCUT2D eigenvalue weighted by Gasteiger charge is -2.24. The van der Waals surface area contributed by atoms with Gasteiger partial charge in [0.25, 0.3) is 0 Å². The Hall–Kier alpha value is -1.51. The molecule has 1 aromatic carbocycles. The zero-order valence-corrected chi connectivity index (χ0v) is 12.1. The van der Waals surface area contributed by atoms with Crippen molar-refractivity contribution in [3.63, 3.8) is 0 Å². The van der Waals surface area contributed by atoms with Gasteiger partial charge < -0.3 is 9.80 Å². The maximum atomic E-state index is 12.1. The summed E-state index contributed by atoms with van der Waals surface area (Å²) >= 11 is 0. The standard InChI is InChI=1S/C16H24N2O/c1-3-17(15-8-6-7-14(2)13-15)12-9-16(19)18-10-4-5-11-18/h6-8,13H,3-5,9-12H2,1-2H3. The quantitative estimate of drug-likeness (QED) is 0.812. The van der Waals surface area contributed by atoms with E-state index in [-0.39, 0.29) is 0 Å². The Labute approximate surface area is 116 Å². The fourth-order valence-electron chi connectivity index (χ4n) is 2.65. The lowest BCUT2D eigenvalue weighted by Crippen LogP contribution is -2.32. The summed E-state index contributed by atoms with van der Waals surface area (Å²) in [6, 6.07) is 8.49. The molecule has 1 aliphatic heterocycles. The van der Waals surface area contributed by atoms with E-state index < -0.39 is 0 Å². The maximum absolute atomic E-state index is 12.1. The Morgan fingerprint density at radius 2 is 2.05 bits per heavy atom. The van der Waals surface area contributed by atoms with E-state index in [1.54, 1.807) is 0 Å². The van der Waals surface area contributed by atoms with Crippen LogP contribution in [0.15, 0.2) is 24.3 Å². The first-order valence-electron chi connectivity index (χ1n) is 7.30. The zero-order chi connectivity index (χ0) is 13.7. The highest BCUT2D eigenvalue weighted by Crippen LogP contribution is 2.16. The second-order valence-corrected chi connectivity index (χ2v) is 5.26. The van der Waals surface area contributed by atoms with Gasteiger partial charge in [-0.25, -0.2) is 0 Å². The molecule has 0 unspecified atom stereocenters. The largest absolute Gasteiger partial charge is 0.371 e. The van der Waals surface area contributed by atoms with Crippen molar-refractivity contribution in [1.29, 1.82) is 0 Å². The molecule has 3 heteroatoms. The number of likely N-dealkylation sites (tertiary alicyclic amines) is 1. The van der Waals surface area contributed by atoms with E-state index in [1.165, 1.54) is 24.1 Å². The molecular formula is C16H24N2O. The van der Waals surface area contributed by atoms with E-state index in [0.29, 0.717) is 12.3 Å². The first-order chi connectivity index (χ1) is 9.20. The van der Waals surface area contributed by atoms with Gasteiger partial charge in [0.2, 0.25) is 5.91 Å². The minimum Gasteiger partial charge on any atom is -0.371 e. The normalized spacial score (nSPS) is 14.7. The molecule has 0 aliphatic carbocycles. The Bertz CT molecular complexity index is 425. The third-order valence-corrected chi connectivity index (χ3v) is 3.80. The summed E-state index contributed by atoms with van der Waals surface area (Å²) in [6.07, 6.45) is 2.96. The van der Waals surface area contributed by atoms with Crippen LogP contribution in [-0.2, 0) is 4.79 Å². The molecule has 0 bridgehead atoms. The molecule has 0 saturated carbocycles. The molecule has 3 nitrogen and oxygen atoms in total. The average molecular weight is 260 g/mol. The number of hydrogen-bond acceptors (Lipinski definition) is 2. The summed E-state index contributed by atoms with van der Waals surface area (Å²) < 4.78 is 0. The van der Waals surface area contributed by atoms with Crippen LogP contribution in [0.4, 0.5) is 5.69 Å². The van der Waals surface area contributed by atoms with Crippen molar-refractivity contribution in [2.75, 3.05) is 31.1 Å². The number of benzene rings is 1. The maximum Gasteiger partial charge on any atom is 0.224 e. The van der Waals surface area contributed by atoms with Gasteiger partial charge in [-0.1, -0.05) is 12.1 Å². The van der Waals surface area contributed by atoms with Crippen LogP contribution >= 0.6 is 0 Å². The van der Waals surface area contributed by atoms with E-state index >= 15 is 0 Å². The molecule has 2 rings (SSSR count). The SMILES string of the molecule is CCN(CCC(=O)N1CCCC1)c1cccc(C)c1. The number of nitrogens with zero attached hydrogens (tertiary/aromatic N) is 2. The van der Waals surface area contributed by atoms with Crippen LogP contribution in [0.25, 0.3) is 0 Å². The van der Waals surface area contributed by atoms with Crippen molar-refractivity contribution in [3.8, 4) is 0 Å². The van der Waals surface area contributed by atoms with Gasteiger partial charge in [0.15, 0.2) is 0 Å². The van der Waals surface area contributed by atoms with Crippen LogP contribution in [-0.4, -0.2) is 37.0 Å². The van der Waals surface area contributed by atoms with Gasteiger partial charge in [-0.2, -0.15) is 0 Å². The highest BCUT2D eigenvalue weighted by atomic mass is 16.2. The number of amides is 1. The van der Waals surface area contributed by atoms with Gasteiger partial charge in [-0.15, -0.1) is 0 Å². The molecule has 0 spiro atoms. The molecule has 0 radical (unpaired) electrons. The van der Waals surface area contributed by atoms with E-state index in [1.807, 2.05) is 4.90 Å². The molecule has 1 heterocycles. The Balaban J connectivity index is 1.90. The van der Waals surface area contributed by atoms with E-state index in [9.17, 15) is 4.79 Å². The topological polar surface area (TPSA) is 23.6 Å². The molecule has 0 aromatic heterocycles. The molecule has 19 heavy (non-hydrogen) atoms. The molecule has 1 fully saturated rings. The van der Waals surface area contributed by atoms with Crippen molar-refractivity contribution >= 4 is 11.6 Å². The molecule has 1 saturated heterocycles. The van der Waals surface area contributed by atoms with Gasteiger partial charge >= 0.3 is 0 Å². The Morgan fingerprint density at radius 1 is 1.32 bits per heavy atom. The lowest BCUT2D eigenvalue weighted by molar-refractivity contribution is -0.129. The Kier molecular flexibility index (Phi) is 4.83. The van der Waals surface area contributed by atoms with Crippen molar-refractivity contribution in [2.24, 2.45) is 0 Å². The molecule has 0 N–H and O–H groups in total. The number of hydrogen-bond donors (Lipinski definition) is 0. The van der Waals surface area contributed by atoms with Crippen molar-refractivity contribution in [3.05, 3.63) is 29.8 Å². The molecule has 1 aliphatic rings. The van der Waals surface area contributed by atoms with Crippen LogP contribution < -0.4 is 4.90 Å². The van der Waals surface area contributed by atoms with Gasteiger partial charge in [0, 0.05) is 38.3 Å². The van der Waals surface area contributed by atoms with Crippen molar-refractivity contribution < 1.29 is 4.79 Å². The molecule has 1 aromatic rings. The third-order valence-electron chi connectivity index (χ3n) is 3.80. The first-order valence-corrected chi connectivity index (χ1v) is 7.30. The summed E-state index contributed by atoms with van der Waals surface area (Å²) in [5.41, 5.74) is 2.48. The third kappa shape index (κ3) is 3.72. The molecular weight excluding hydrogens is 236 g/mol. The van der Waals surface area contributed by atoms with Crippen LogP contribution in [0.3, 0.4) is 0 Å². The van der Waals surface area contributed by atoms with E-state index in [0.717, 1.165) is 26.2 Å². The van der Waals surface area contributed by atoms with Crippen molar-refractivity contribution in [1.82, 2.24) is 4.90 Å². The molecule has 1 amide bonds. The summed E-state index contributed by atoms with van der Waals surface area (Å²) in [6.45, 7) is 7.91. The second-order valence-electron chi connectivity index (χ2n) is 5.26. The first kappa shape index (κ1) is 13.9. The molecule has 0 atom stereocenters. The fourth-order valence-corrected chi connectivity index (χ4v) is 2.65. The van der Waals surface area contributed by atoms with Crippen LogP contribution in [0.5, 0.6) is 0 Å². The van der Waals surface area contributed by atoms with Crippen molar-refractivity contribution in [2.45, 2.75) is 33.1 Å². The number of carbonyl (C=O) groups excluding carboxylic acids is 1.